The first-order valence-electron chi connectivity index (χ1n) is 6.91. The second-order valence-electron chi connectivity index (χ2n) is 5.05. The molecule has 0 unspecified atom stereocenters. The van der Waals surface area contributed by atoms with Gasteiger partial charge in [-0.3, -0.25) is 4.79 Å². The highest BCUT2D eigenvalue weighted by Gasteiger charge is 2.18. The number of aryl methyl sites for hydroxylation is 1. The van der Waals surface area contributed by atoms with Crippen LogP contribution in [0.25, 0.3) is 0 Å². The van der Waals surface area contributed by atoms with E-state index in [2.05, 4.69) is 26.0 Å². The number of sulfonamides is 1. The van der Waals surface area contributed by atoms with Crippen LogP contribution in [0, 0.1) is 13.8 Å². The maximum atomic E-state index is 12.2. The number of benzene rings is 2. The lowest BCUT2D eigenvalue weighted by atomic mass is 10.1. The van der Waals surface area contributed by atoms with Crippen molar-refractivity contribution in [2.45, 2.75) is 18.7 Å². The maximum absolute atomic E-state index is 12.2. The zero-order valence-corrected chi connectivity index (χ0v) is 15.2. The first-order valence-corrected chi connectivity index (χ1v) is 9.19. The Morgan fingerprint density at radius 3 is 2.48 bits per heavy atom. The van der Waals surface area contributed by atoms with Gasteiger partial charge in [0.15, 0.2) is 0 Å². The average molecular weight is 397 g/mol. The van der Waals surface area contributed by atoms with Gasteiger partial charge < -0.3 is 5.32 Å². The number of halogens is 1. The number of anilines is 1. The van der Waals surface area contributed by atoms with E-state index < -0.39 is 15.9 Å². The Kier molecular flexibility index (Phi) is 5.56. The van der Waals surface area contributed by atoms with Crippen LogP contribution in [0.4, 0.5) is 5.69 Å². The molecule has 0 radical (unpaired) electrons. The molecule has 0 saturated heterocycles. The van der Waals surface area contributed by atoms with Gasteiger partial charge in [-0.25, -0.2) is 13.1 Å². The molecule has 2 N–H and O–H groups in total. The molecule has 0 atom stereocenters. The van der Waals surface area contributed by atoms with Gasteiger partial charge in [0.2, 0.25) is 15.9 Å². The molecule has 0 bridgehead atoms. The van der Waals surface area contributed by atoms with Gasteiger partial charge in [0.1, 0.15) is 0 Å². The fourth-order valence-corrected chi connectivity index (χ4v) is 3.97. The molecule has 0 saturated carbocycles. The minimum Gasteiger partial charge on any atom is -0.325 e. The number of carbonyl (C=O) groups excluding carboxylic acids is 1. The second-order valence-corrected chi connectivity index (χ2v) is 7.64. The number of amides is 1. The fourth-order valence-electron chi connectivity index (χ4n) is 1.98. The molecular formula is C16H17BrN2O3S. The molecule has 0 spiro atoms. The summed E-state index contributed by atoms with van der Waals surface area (Å²) < 4.78 is 27.2. The van der Waals surface area contributed by atoms with Crippen LogP contribution in [0.2, 0.25) is 0 Å². The van der Waals surface area contributed by atoms with Gasteiger partial charge in [0.05, 0.1) is 11.4 Å². The lowest BCUT2D eigenvalue weighted by molar-refractivity contribution is -0.115. The third-order valence-electron chi connectivity index (χ3n) is 3.43. The Labute approximate surface area is 144 Å². The van der Waals surface area contributed by atoms with Crippen molar-refractivity contribution in [1.29, 1.82) is 0 Å². The van der Waals surface area contributed by atoms with Crippen LogP contribution in [0.1, 0.15) is 11.1 Å². The van der Waals surface area contributed by atoms with Crippen molar-refractivity contribution in [1.82, 2.24) is 4.72 Å². The molecule has 0 aliphatic rings. The summed E-state index contributed by atoms with van der Waals surface area (Å²) in [6, 6.07) is 12.0. The molecule has 122 valence electrons. The SMILES string of the molecule is Cc1cccc(NC(=O)CNS(=O)(=O)c2ccccc2Br)c1C. The van der Waals surface area contributed by atoms with Crippen molar-refractivity contribution < 1.29 is 13.2 Å². The number of hydrogen-bond donors (Lipinski definition) is 2. The summed E-state index contributed by atoms with van der Waals surface area (Å²) in [6.45, 7) is 3.51. The van der Waals surface area contributed by atoms with Crippen molar-refractivity contribution in [2.75, 3.05) is 11.9 Å². The first-order chi connectivity index (χ1) is 10.8. The minimum absolute atomic E-state index is 0.0968. The first kappa shape index (κ1) is 17.7. The quantitative estimate of drug-likeness (QED) is 0.815. The third-order valence-corrected chi connectivity index (χ3v) is 5.84. The van der Waals surface area contributed by atoms with Crippen LogP contribution in [-0.2, 0) is 14.8 Å². The maximum Gasteiger partial charge on any atom is 0.242 e. The Balaban J connectivity index is 2.04. The van der Waals surface area contributed by atoms with Gasteiger partial charge >= 0.3 is 0 Å². The third kappa shape index (κ3) is 4.40. The average Bonchev–Trinajstić information content (AvgIpc) is 2.50. The monoisotopic (exact) mass is 396 g/mol. The highest BCUT2D eigenvalue weighted by atomic mass is 79.9. The normalized spacial score (nSPS) is 11.3. The van der Waals surface area contributed by atoms with Crippen molar-refractivity contribution in [3.05, 3.63) is 58.1 Å². The molecule has 5 nitrogen and oxygen atoms in total. The highest BCUT2D eigenvalue weighted by Crippen LogP contribution is 2.21. The largest absolute Gasteiger partial charge is 0.325 e. The zero-order valence-electron chi connectivity index (χ0n) is 12.8. The highest BCUT2D eigenvalue weighted by molar-refractivity contribution is 9.10. The zero-order chi connectivity index (χ0) is 17.0. The van der Waals surface area contributed by atoms with Crippen LogP contribution in [0.3, 0.4) is 0 Å². The molecule has 0 heterocycles. The van der Waals surface area contributed by atoms with Gasteiger partial charge in [0, 0.05) is 10.2 Å². The van der Waals surface area contributed by atoms with Gasteiger partial charge in [0.25, 0.3) is 0 Å². The van der Waals surface area contributed by atoms with Crippen molar-refractivity contribution >= 4 is 37.5 Å². The van der Waals surface area contributed by atoms with Crippen LogP contribution in [-0.4, -0.2) is 20.9 Å². The van der Waals surface area contributed by atoms with Crippen LogP contribution in [0.5, 0.6) is 0 Å². The second kappa shape index (κ2) is 7.25. The number of hydrogen-bond acceptors (Lipinski definition) is 3. The Bertz CT molecular complexity index is 835. The fraction of sp³-hybridized carbons (Fsp3) is 0.188. The Hall–Kier alpha value is -1.70. The predicted octanol–water partition coefficient (Wildman–Crippen LogP) is 2.98. The van der Waals surface area contributed by atoms with Crippen molar-refractivity contribution in [2.24, 2.45) is 0 Å². The van der Waals surface area contributed by atoms with Crippen LogP contribution in [0.15, 0.2) is 51.8 Å². The lowest BCUT2D eigenvalue weighted by Crippen LogP contribution is -2.33. The summed E-state index contributed by atoms with van der Waals surface area (Å²) in [5, 5.41) is 2.71. The molecular weight excluding hydrogens is 380 g/mol. The van der Waals surface area contributed by atoms with E-state index in [1.165, 1.54) is 6.07 Å². The van der Waals surface area contributed by atoms with E-state index in [1.807, 2.05) is 26.0 Å². The van der Waals surface area contributed by atoms with Gasteiger partial charge in [-0.2, -0.15) is 0 Å². The Morgan fingerprint density at radius 2 is 1.78 bits per heavy atom. The molecule has 0 aliphatic carbocycles. The van der Waals surface area contributed by atoms with E-state index in [-0.39, 0.29) is 11.4 Å². The van der Waals surface area contributed by atoms with E-state index in [9.17, 15) is 13.2 Å². The van der Waals surface area contributed by atoms with Gasteiger partial charge in [-0.05, 0) is 59.1 Å². The molecule has 2 rings (SSSR count). The van der Waals surface area contributed by atoms with E-state index in [0.717, 1.165) is 11.1 Å². The van der Waals surface area contributed by atoms with E-state index in [1.54, 1.807) is 24.3 Å². The summed E-state index contributed by atoms with van der Waals surface area (Å²) in [5.41, 5.74) is 2.68. The van der Waals surface area contributed by atoms with Gasteiger partial charge in [-0.1, -0.05) is 24.3 Å². The number of rotatable bonds is 5. The van der Waals surface area contributed by atoms with Gasteiger partial charge in [-0.15, -0.1) is 0 Å². The molecule has 1 amide bonds. The minimum atomic E-state index is -3.75. The molecule has 0 aromatic heterocycles. The summed E-state index contributed by atoms with van der Waals surface area (Å²) in [7, 11) is -3.75. The summed E-state index contributed by atoms with van der Waals surface area (Å²) in [4.78, 5) is 12.1. The molecule has 2 aromatic carbocycles. The topological polar surface area (TPSA) is 75.3 Å². The molecule has 23 heavy (non-hydrogen) atoms. The molecule has 7 heteroatoms. The predicted molar refractivity (Wildman–Crippen MR) is 93.9 cm³/mol. The molecule has 2 aromatic rings. The molecule has 0 fully saturated rings. The summed E-state index contributed by atoms with van der Waals surface area (Å²) in [5.74, 6) is -0.422. The van der Waals surface area contributed by atoms with Crippen molar-refractivity contribution in [3.8, 4) is 0 Å². The Morgan fingerprint density at radius 1 is 1.09 bits per heavy atom. The lowest BCUT2D eigenvalue weighted by Gasteiger charge is -2.11. The molecule has 0 aliphatic heterocycles. The van der Waals surface area contributed by atoms with Crippen LogP contribution < -0.4 is 10.0 Å². The standard InChI is InChI=1S/C16H17BrN2O3S/c1-11-6-5-8-14(12(11)2)19-16(20)10-18-23(21,22)15-9-4-3-7-13(15)17/h3-9,18H,10H2,1-2H3,(H,19,20). The number of carbonyl (C=O) groups is 1. The van der Waals surface area contributed by atoms with Crippen LogP contribution >= 0.6 is 15.9 Å². The van der Waals surface area contributed by atoms with E-state index in [0.29, 0.717) is 10.2 Å². The number of nitrogens with one attached hydrogen (secondary N) is 2. The summed E-state index contributed by atoms with van der Waals surface area (Å²) >= 11 is 3.19. The van der Waals surface area contributed by atoms with E-state index in [4.69, 9.17) is 0 Å². The smallest absolute Gasteiger partial charge is 0.242 e. The van der Waals surface area contributed by atoms with E-state index >= 15 is 0 Å². The summed E-state index contributed by atoms with van der Waals surface area (Å²) in [6.07, 6.45) is 0. The van der Waals surface area contributed by atoms with Crippen molar-refractivity contribution in [3.63, 3.8) is 0 Å².